The van der Waals surface area contributed by atoms with Crippen LogP contribution in [0.3, 0.4) is 0 Å². The van der Waals surface area contributed by atoms with Crippen LogP contribution in [0.2, 0.25) is 5.02 Å². The molecule has 0 aliphatic carbocycles. The summed E-state index contributed by atoms with van der Waals surface area (Å²) in [7, 11) is 3.61. The van der Waals surface area contributed by atoms with Crippen molar-refractivity contribution in [3.8, 4) is 5.75 Å². The Balaban J connectivity index is 1.85. The van der Waals surface area contributed by atoms with Crippen LogP contribution in [-0.4, -0.2) is 30.3 Å². The second-order valence-corrected chi connectivity index (χ2v) is 6.52. The van der Waals surface area contributed by atoms with Gasteiger partial charge in [0.2, 0.25) is 0 Å². The van der Waals surface area contributed by atoms with E-state index in [0.717, 1.165) is 11.4 Å². The Morgan fingerprint density at radius 3 is 2.64 bits per heavy atom. The molecule has 7 heteroatoms. The van der Waals surface area contributed by atoms with Gasteiger partial charge < -0.3 is 14.6 Å². The molecule has 0 unspecified atom stereocenters. The van der Waals surface area contributed by atoms with E-state index in [-0.39, 0.29) is 5.56 Å². The smallest absolute Gasteiger partial charge is 0.262 e. The van der Waals surface area contributed by atoms with Crippen molar-refractivity contribution in [2.75, 3.05) is 25.6 Å². The van der Waals surface area contributed by atoms with Crippen LogP contribution in [0.25, 0.3) is 10.9 Å². The fourth-order valence-corrected chi connectivity index (χ4v) is 3.10. The molecule has 3 rings (SSSR count). The zero-order valence-corrected chi connectivity index (χ0v) is 15.5. The quantitative estimate of drug-likeness (QED) is 0.688. The Bertz CT molecular complexity index is 1010. The van der Waals surface area contributed by atoms with Gasteiger partial charge in [-0.25, -0.2) is 0 Å². The zero-order valence-electron chi connectivity index (χ0n) is 14.0. The molecule has 5 nitrogen and oxygen atoms in total. The lowest BCUT2D eigenvalue weighted by atomic mass is 10.2. The van der Waals surface area contributed by atoms with Gasteiger partial charge in [-0.15, -0.1) is 0 Å². The van der Waals surface area contributed by atoms with E-state index in [1.807, 2.05) is 31.3 Å². The zero-order chi connectivity index (χ0) is 18.0. The van der Waals surface area contributed by atoms with Gasteiger partial charge in [-0.3, -0.25) is 9.36 Å². The number of nitrogens with zero attached hydrogens (tertiary/aromatic N) is 2. The number of anilines is 1. The number of likely N-dealkylation sites (N-methyl/N-ethyl adjacent to an activating group) is 1. The average molecular weight is 376 g/mol. The van der Waals surface area contributed by atoms with E-state index in [2.05, 4.69) is 9.88 Å². The topological polar surface area (TPSA) is 50.3 Å². The molecule has 3 aromatic rings. The molecular formula is C18H18ClN3O2S. The van der Waals surface area contributed by atoms with Gasteiger partial charge in [0.1, 0.15) is 5.75 Å². The third kappa shape index (κ3) is 3.70. The number of methoxy groups -OCH3 is 1. The van der Waals surface area contributed by atoms with E-state index in [1.54, 1.807) is 29.9 Å². The first kappa shape index (κ1) is 17.5. The Hall–Kier alpha value is -2.31. The summed E-state index contributed by atoms with van der Waals surface area (Å²) in [5, 5.41) is 1.06. The summed E-state index contributed by atoms with van der Waals surface area (Å²) in [4.78, 5) is 17.9. The molecular weight excluding hydrogens is 358 g/mol. The van der Waals surface area contributed by atoms with Gasteiger partial charge in [-0.1, -0.05) is 11.6 Å². The van der Waals surface area contributed by atoms with Crippen molar-refractivity contribution in [3.63, 3.8) is 0 Å². The molecule has 1 aromatic heterocycles. The van der Waals surface area contributed by atoms with Crippen LogP contribution < -0.4 is 15.2 Å². The largest absolute Gasteiger partial charge is 0.497 e. The number of H-pyrrole nitrogens is 1. The fraction of sp³-hybridized carbons (Fsp3) is 0.222. The van der Waals surface area contributed by atoms with Gasteiger partial charge in [-0.05, 0) is 54.7 Å². The van der Waals surface area contributed by atoms with Crippen molar-refractivity contribution in [1.82, 2.24) is 9.55 Å². The monoisotopic (exact) mass is 375 g/mol. The average Bonchev–Trinajstić information content (AvgIpc) is 2.62. The van der Waals surface area contributed by atoms with Crippen molar-refractivity contribution in [2.24, 2.45) is 0 Å². The van der Waals surface area contributed by atoms with Gasteiger partial charge in [0.15, 0.2) is 4.77 Å². The first-order valence-corrected chi connectivity index (χ1v) is 8.56. The molecule has 2 aromatic carbocycles. The first-order chi connectivity index (χ1) is 12.0. The van der Waals surface area contributed by atoms with E-state index in [1.165, 1.54) is 0 Å². The molecule has 130 valence electrons. The van der Waals surface area contributed by atoms with E-state index in [9.17, 15) is 4.79 Å². The van der Waals surface area contributed by atoms with Gasteiger partial charge in [0.25, 0.3) is 5.56 Å². The Labute approximate surface area is 155 Å². The lowest BCUT2D eigenvalue weighted by Gasteiger charge is -2.20. The highest BCUT2D eigenvalue weighted by Gasteiger charge is 2.08. The van der Waals surface area contributed by atoms with Crippen molar-refractivity contribution in [2.45, 2.75) is 6.54 Å². The summed E-state index contributed by atoms with van der Waals surface area (Å²) >= 11 is 11.3. The summed E-state index contributed by atoms with van der Waals surface area (Å²) in [5.74, 6) is 0.808. The van der Waals surface area contributed by atoms with Gasteiger partial charge in [0.05, 0.1) is 18.0 Å². The third-order valence-electron chi connectivity index (χ3n) is 4.12. The van der Waals surface area contributed by atoms with E-state index < -0.39 is 0 Å². The second kappa shape index (κ2) is 7.29. The number of halogens is 1. The number of hydrogen-bond acceptors (Lipinski definition) is 4. The van der Waals surface area contributed by atoms with E-state index in [4.69, 9.17) is 28.6 Å². The molecule has 0 amide bonds. The molecule has 1 heterocycles. The number of ether oxygens (including phenoxy) is 1. The number of aromatic amines is 1. The summed E-state index contributed by atoms with van der Waals surface area (Å²) in [6, 6.07) is 12.9. The minimum atomic E-state index is -0.135. The molecule has 0 spiro atoms. The van der Waals surface area contributed by atoms with Crippen LogP contribution >= 0.6 is 23.8 Å². The molecule has 1 N–H and O–H groups in total. The van der Waals surface area contributed by atoms with Crippen molar-refractivity contribution in [3.05, 3.63) is 62.6 Å². The number of nitrogens with one attached hydrogen (secondary N) is 1. The normalized spacial score (nSPS) is 10.8. The lowest BCUT2D eigenvalue weighted by molar-refractivity contribution is 0.415. The van der Waals surface area contributed by atoms with Crippen LogP contribution in [0, 0.1) is 4.77 Å². The van der Waals surface area contributed by atoms with Crippen LogP contribution in [-0.2, 0) is 6.54 Å². The number of rotatable bonds is 5. The molecule has 0 radical (unpaired) electrons. The Morgan fingerprint density at radius 1 is 1.24 bits per heavy atom. The molecule has 0 saturated carbocycles. The summed E-state index contributed by atoms with van der Waals surface area (Å²) in [6.07, 6.45) is 0. The molecule has 0 atom stereocenters. The molecule has 0 saturated heterocycles. The third-order valence-corrected chi connectivity index (χ3v) is 4.67. The second-order valence-electron chi connectivity index (χ2n) is 5.70. The molecule has 0 fully saturated rings. The van der Waals surface area contributed by atoms with Crippen LogP contribution in [0.1, 0.15) is 0 Å². The maximum absolute atomic E-state index is 12.7. The predicted octanol–water partition coefficient (Wildman–Crippen LogP) is 3.86. The predicted molar refractivity (Wildman–Crippen MR) is 105 cm³/mol. The molecule has 25 heavy (non-hydrogen) atoms. The van der Waals surface area contributed by atoms with Gasteiger partial charge in [-0.2, -0.15) is 0 Å². The highest BCUT2D eigenvalue weighted by atomic mass is 35.5. The molecule has 0 aliphatic rings. The maximum atomic E-state index is 12.7. The highest BCUT2D eigenvalue weighted by molar-refractivity contribution is 7.71. The van der Waals surface area contributed by atoms with Gasteiger partial charge >= 0.3 is 0 Å². The molecule has 0 bridgehead atoms. The summed E-state index contributed by atoms with van der Waals surface area (Å²) in [6.45, 7) is 1.11. The summed E-state index contributed by atoms with van der Waals surface area (Å²) in [5.41, 5.74) is 1.59. The van der Waals surface area contributed by atoms with Crippen molar-refractivity contribution < 1.29 is 4.74 Å². The van der Waals surface area contributed by atoms with Crippen LogP contribution in [0.4, 0.5) is 5.69 Å². The van der Waals surface area contributed by atoms with Crippen molar-refractivity contribution >= 4 is 40.4 Å². The minimum Gasteiger partial charge on any atom is -0.497 e. The number of benzene rings is 2. The number of hydrogen-bond donors (Lipinski definition) is 1. The molecule has 0 aliphatic heterocycles. The number of fused-ring (bicyclic) bond motifs is 1. The Kier molecular flexibility index (Phi) is 5.11. The maximum Gasteiger partial charge on any atom is 0.262 e. The Morgan fingerprint density at radius 2 is 1.96 bits per heavy atom. The van der Waals surface area contributed by atoms with Crippen LogP contribution in [0.5, 0.6) is 5.75 Å². The van der Waals surface area contributed by atoms with Crippen molar-refractivity contribution in [1.29, 1.82) is 0 Å². The van der Waals surface area contributed by atoms with E-state index in [0.29, 0.717) is 33.8 Å². The van der Waals surface area contributed by atoms with Crippen LogP contribution in [0.15, 0.2) is 47.3 Å². The summed E-state index contributed by atoms with van der Waals surface area (Å²) < 4.78 is 7.14. The standard InChI is InChI=1S/C18H18ClN3O2S/c1-21(13-4-6-14(24-2)7-5-13)9-10-22-17(23)15-11-12(19)3-8-16(15)20-18(22)25/h3-8,11H,9-10H2,1-2H3,(H,20,25). The van der Waals surface area contributed by atoms with Gasteiger partial charge in [0, 0.05) is 30.8 Å². The lowest BCUT2D eigenvalue weighted by Crippen LogP contribution is -2.29. The van der Waals surface area contributed by atoms with E-state index >= 15 is 0 Å². The first-order valence-electron chi connectivity index (χ1n) is 7.77. The minimum absolute atomic E-state index is 0.135. The highest BCUT2D eigenvalue weighted by Crippen LogP contribution is 2.18. The number of aromatic nitrogens is 2. The fourth-order valence-electron chi connectivity index (χ4n) is 2.64. The SMILES string of the molecule is COc1ccc(N(C)CCn2c(=S)[nH]c3ccc(Cl)cc3c2=O)cc1.